The number of methoxy groups -OCH3 is 1. The maximum absolute atomic E-state index is 12.2. The number of ether oxygens (including phenoxy) is 1. The van der Waals surface area contributed by atoms with Crippen molar-refractivity contribution in [1.82, 2.24) is 0 Å². The van der Waals surface area contributed by atoms with E-state index in [2.05, 4.69) is 6.92 Å². The van der Waals surface area contributed by atoms with Crippen LogP contribution in [0.15, 0.2) is 29.4 Å². The van der Waals surface area contributed by atoms with Gasteiger partial charge >= 0.3 is 68.1 Å². The molecule has 4 nitrogen and oxygen atoms in total. The summed E-state index contributed by atoms with van der Waals surface area (Å²) in [7, 11) is 26.4. The van der Waals surface area contributed by atoms with Crippen LogP contribution in [-0.2, 0) is 9.53 Å². The summed E-state index contributed by atoms with van der Waals surface area (Å²) >= 11 is 5.93. The van der Waals surface area contributed by atoms with Crippen molar-refractivity contribution in [2.45, 2.75) is 37.8 Å². The van der Waals surface area contributed by atoms with E-state index in [-0.39, 0.29) is 23.5 Å². The SMILES string of the molecule is COC(=O)[C@H]1[C@@H]2CCC[C@]2(C)N=[N+]1c1ccc(Cl)cc1.[Cl][Sb-]([Cl])([Cl])([Cl])([Cl])[Cl]. The predicted octanol–water partition coefficient (Wildman–Crippen LogP) is 7.31. The van der Waals surface area contributed by atoms with Gasteiger partial charge in [0.05, 0.1) is 13.0 Å². The zero-order valence-corrected chi connectivity index (χ0v) is 22.2. The molecule has 1 aromatic rings. The second-order valence-corrected chi connectivity index (χ2v) is 64.0. The molecule has 0 unspecified atom stereocenters. The summed E-state index contributed by atoms with van der Waals surface area (Å²) in [6.45, 7) is 2.14. The van der Waals surface area contributed by atoms with Crippen LogP contribution < -0.4 is 0 Å². The molecule has 1 aliphatic carbocycles. The zero-order chi connectivity index (χ0) is 20.7. The molecule has 3 atom stereocenters. The van der Waals surface area contributed by atoms with Gasteiger partial charge in [0.2, 0.25) is 5.69 Å². The standard InChI is InChI=1S/C15H18ClN2O2.6ClH.Sb/c1-15-9-3-4-12(15)13(14(19)20-2)18(17-15)11-7-5-10(16)6-8-11;;;;;;;/h5-8,12-13H,3-4,9H2,1-2H3;6*1H;/q+1;;;;;;;+5/p-6/t12-,13+,15-;;;;;;;/m0......./s1. The van der Waals surface area contributed by atoms with Crippen molar-refractivity contribution in [3.63, 3.8) is 0 Å². The Labute approximate surface area is 183 Å². The Morgan fingerprint density at radius 3 is 2.19 bits per heavy atom. The summed E-state index contributed by atoms with van der Waals surface area (Å²) in [4.78, 5) is 12.2. The molecular formula is C15H18Cl7N2O2Sb. The Morgan fingerprint density at radius 1 is 1.19 bits per heavy atom. The number of esters is 1. The molecule has 2 aliphatic rings. The van der Waals surface area contributed by atoms with Crippen LogP contribution in [-0.4, -0.2) is 38.5 Å². The summed E-state index contributed by atoms with van der Waals surface area (Å²) in [5, 5.41) is 5.50. The first-order valence-electron chi connectivity index (χ1n) is 7.92. The number of nitrogens with zero attached hydrogens (tertiary/aromatic N) is 2. The van der Waals surface area contributed by atoms with Gasteiger partial charge in [-0.2, -0.15) is 0 Å². The number of fused-ring (bicyclic) bond motifs is 1. The molecule has 1 aromatic carbocycles. The first-order valence-corrected chi connectivity index (χ1v) is 27.7. The second kappa shape index (κ2) is 7.68. The molecule has 0 saturated heterocycles. The molecule has 0 bridgehead atoms. The van der Waals surface area contributed by atoms with Gasteiger partial charge < -0.3 is 4.74 Å². The van der Waals surface area contributed by atoms with Crippen LogP contribution in [0.25, 0.3) is 0 Å². The van der Waals surface area contributed by atoms with E-state index in [4.69, 9.17) is 74.4 Å². The number of carbonyl (C=O) groups excluding carboxylic acids is 1. The van der Waals surface area contributed by atoms with Crippen LogP contribution in [0.4, 0.5) is 5.69 Å². The minimum absolute atomic E-state index is 0.154. The molecule has 154 valence electrons. The van der Waals surface area contributed by atoms with Crippen LogP contribution in [0.5, 0.6) is 0 Å². The number of hydrogen-bond acceptors (Lipinski definition) is 3. The van der Waals surface area contributed by atoms with E-state index in [0.29, 0.717) is 5.02 Å². The van der Waals surface area contributed by atoms with Gasteiger partial charge in [-0.05, 0) is 37.0 Å². The number of rotatable bonds is 2. The quantitative estimate of drug-likeness (QED) is 0.196. The molecule has 1 fully saturated rings. The Hall–Kier alpha value is 1.14. The fraction of sp³-hybridized carbons (Fsp3) is 0.533. The molecule has 27 heavy (non-hydrogen) atoms. The molecular weight excluding hydrogens is 610 g/mol. The first-order chi connectivity index (χ1) is 12.0. The number of halogens is 7. The monoisotopic (exact) mass is 624 g/mol. The van der Waals surface area contributed by atoms with E-state index < -0.39 is 9.14 Å². The molecule has 0 spiro atoms. The zero-order valence-electron chi connectivity index (χ0n) is 14.4. The van der Waals surface area contributed by atoms with Crippen LogP contribution in [0.1, 0.15) is 26.2 Å². The number of carbonyl (C=O) groups is 1. The Morgan fingerprint density at radius 2 is 1.70 bits per heavy atom. The van der Waals surface area contributed by atoms with E-state index >= 15 is 0 Å². The predicted molar refractivity (Wildman–Crippen MR) is 116 cm³/mol. The average molecular weight is 628 g/mol. The minimum atomic E-state index is -5.42. The molecule has 1 saturated carbocycles. The molecule has 0 amide bonds. The summed E-state index contributed by atoms with van der Waals surface area (Å²) in [6.07, 6.45) is 3.16. The fourth-order valence-electron chi connectivity index (χ4n) is 3.47. The summed E-state index contributed by atoms with van der Waals surface area (Å²) < 4.78 is 6.82. The summed E-state index contributed by atoms with van der Waals surface area (Å²) in [5.74, 6) is 0.0185. The van der Waals surface area contributed by atoms with Crippen molar-refractivity contribution in [1.29, 1.82) is 0 Å². The van der Waals surface area contributed by atoms with E-state index in [0.717, 1.165) is 24.9 Å². The third-order valence-corrected chi connectivity index (χ3v) is 4.76. The van der Waals surface area contributed by atoms with Crippen LogP contribution in [0.2, 0.25) is 5.02 Å². The molecule has 0 radical (unpaired) electrons. The maximum atomic E-state index is 12.2. The summed E-state index contributed by atoms with van der Waals surface area (Å²) in [6, 6.07) is 7.10. The van der Waals surface area contributed by atoms with Gasteiger partial charge in [0, 0.05) is 17.2 Å². The van der Waals surface area contributed by atoms with E-state index in [1.54, 1.807) is 0 Å². The van der Waals surface area contributed by atoms with E-state index in [9.17, 15) is 4.79 Å². The molecule has 1 heterocycles. The van der Waals surface area contributed by atoms with Crippen molar-refractivity contribution in [3.8, 4) is 0 Å². The topological polar surface area (TPSA) is 41.7 Å². The van der Waals surface area contributed by atoms with Crippen molar-refractivity contribution in [2.24, 2.45) is 11.0 Å². The third-order valence-electron chi connectivity index (χ3n) is 4.51. The van der Waals surface area contributed by atoms with Gasteiger partial charge in [-0.1, -0.05) is 22.7 Å². The van der Waals surface area contributed by atoms with E-state index in [1.165, 1.54) is 7.11 Å². The van der Waals surface area contributed by atoms with Gasteiger partial charge in [-0.15, -0.1) is 0 Å². The molecule has 0 aromatic heterocycles. The van der Waals surface area contributed by atoms with Crippen LogP contribution in [0, 0.1) is 5.92 Å². The van der Waals surface area contributed by atoms with Crippen molar-refractivity contribution < 1.29 is 14.2 Å². The van der Waals surface area contributed by atoms with Gasteiger partial charge in [-0.3, -0.25) is 0 Å². The Bertz CT molecular complexity index is 753. The molecule has 0 N–H and O–H groups in total. The van der Waals surface area contributed by atoms with Crippen molar-refractivity contribution >= 4 is 85.4 Å². The average Bonchev–Trinajstić information content (AvgIpc) is 2.98. The molecule has 12 heteroatoms. The summed E-state index contributed by atoms with van der Waals surface area (Å²) in [5.41, 5.74) is 0.735. The Kier molecular flexibility index (Phi) is 6.94. The fourth-order valence-corrected chi connectivity index (χ4v) is 3.60. The van der Waals surface area contributed by atoms with E-state index in [1.807, 2.05) is 29.0 Å². The van der Waals surface area contributed by atoms with Crippen LogP contribution in [0.3, 0.4) is 0 Å². The third kappa shape index (κ3) is 7.72. The Balaban J connectivity index is 0.000000321. The van der Waals surface area contributed by atoms with Crippen molar-refractivity contribution in [2.75, 3.05) is 7.11 Å². The van der Waals surface area contributed by atoms with Gasteiger partial charge in [0.1, 0.15) is 5.54 Å². The molecule has 1 aliphatic heterocycles. The first kappa shape index (κ1) is 24.4. The second-order valence-electron chi connectivity index (χ2n) is 6.70. The number of hydrogen-bond donors (Lipinski definition) is 0. The van der Waals surface area contributed by atoms with Crippen LogP contribution >= 0.6 is 64.6 Å². The van der Waals surface area contributed by atoms with Gasteiger partial charge in [0.25, 0.3) is 6.04 Å². The number of azo groups is 2. The molecule has 3 rings (SSSR count). The van der Waals surface area contributed by atoms with Crippen molar-refractivity contribution in [3.05, 3.63) is 29.3 Å². The van der Waals surface area contributed by atoms with Gasteiger partial charge in [-0.25, -0.2) is 4.79 Å². The number of benzene rings is 1. The normalized spacial score (nSPS) is 29.6. The van der Waals surface area contributed by atoms with Gasteiger partial charge in [0.15, 0.2) is 0 Å².